The van der Waals surface area contributed by atoms with Crippen molar-refractivity contribution in [2.75, 3.05) is 12.3 Å². The topological polar surface area (TPSA) is 59.2 Å². The summed E-state index contributed by atoms with van der Waals surface area (Å²) in [6, 6.07) is 2.22. The minimum Gasteiger partial charge on any atom is -0.397 e. The molecule has 0 bridgehead atoms. The quantitative estimate of drug-likeness (QED) is 0.878. The van der Waals surface area contributed by atoms with Crippen molar-refractivity contribution in [1.82, 2.24) is 9.88 Å². The van der Waals surface area contributed by atoms with Crippen LogP contribution in [-0.4, -0.2) is 28.4 Å². The summed E-state index contributed by atoms with van der Waals surface area (Å²) in [6.45, 7) is 7.15. The highest BCUT2D eigenvalue weighted by atomic mass is 32.1. The van der Waals surface area contributed by atoms with Gasteiger partial charge in [0.2, 0.25) is 0 Å². The van der Waals surface area contributed by atoms with Gasteiger partial charge in [-0.25, -0.2) is 4.98 Å². The number of piperidine rings is 1. The van der Waals surface area contributed by atoms with Crippen LogP contribution in [0.1, 0.15) is 41.9 Å². The number of fused-ring (bicyclic) bond motifs is 1. The molecule has 1 aliphatic heterocycles. The third kappa shape index (κ3) is 2.39. The molecule has 2 aromatic rings. The molecule has 2 unspecified atom stereocenters. The molecule has 1 amide bonds. The number of carbonyl (C=O) groups excluding carboxylic acids is 1. The number of nitrogens with zero attached hydrogens (tertiary/aromatic N) is 2. The third-order valence-corrected chi connectivity index (χ3v) is 5.51. The zero-order valence-electron chi connectivity index (χ0n) is 12.7. The summed E-state index contributed by atoms with van der Waals surface area (Å²) in [5.74, 6) is 0.620. The summed E-state index contributed by atoms with van der Waals surface area (Å²) in [4.78, 5) is 20.7. The number of hydrogen-bond acceptors (Lipinski definition) is 4. The molecule has 21 heavy (non-hydrogen) atoms. The number of pyridine rings is 1. The number of hydrogen-bond donors (Lipinski definition) is 1. The molecule has 0 spiro atoms. The first-order chi connectivity index (χ1) is 9.99. The lowest BCUT2D eigenvalue weighted by atomic mass is 9.95. The molecule has 3 heterocycles. The minimum absolute atomic E-state index is 0.0638. The van der Waals surface area contributed by atoms with E-state index in [4.69, 9.17) is 5.73 Å². The molecule has 2 N–H and O–H groups in total. The molecule has 0 aromatic carbocycles. The van der Waals surface area contributed by atoms with E-state index >= 15 is 0 Å². The van der Waals surface area contributed by atoms with Crippen molar-refractivity contribution in [3.05, 3.63) is 22.7 Å². The zero-order valence-corrected chi connectivity index (χ0v) is 13.5. The molecular weight excluding hydrogens is 282 g/mol. The van der Waals surface area contributed by atoms with Crippen LogP contribution in [-0.2, 0) is 0 Å². The van der Waals surface area contributed by atoms with Gasteiger partial charge < -0.3 is 10.6 Å². The van der Waals surface area contributed by atoms with Gasteiger partial charge in [0, 0.05) is 24.2 Å². The molecular formula is C16H21N3OS. The fourth-order valence-electron chi connectivity index (χ4n) is 3.06. The van der Waals surface area contributed by atoms with Crippen molar-refractivity contribution in [3.63, 3.8) is 0 Å². The number of thiophene rings is 1. The zero-order chi connectivity index (χ0) is 15.1. The van der Waals surface area contributed by atoms with E-state index in [1.165, 1.54) is 17.8 Å². The maximum atomic E-state index is 12.9. The van der Waals surface area contributed by atoms with Gasteiger partial charge in [0.15, 0.2) is 0 Å². The summed E-state index contributed by atoms with van der Waals surface area (Å²) < 4.78 is 0. The lowest BCUT2D eigenvalue weighted by Gasteiger charge is -2.36. The number of aryl methyl sites for hydroxylation is 1. The van der Waals surface area contributed by atoms with Crippen LogP contribution >= 0.6 is 11.3 Å². The van der Waals surface area contributed by atoms with Crippen LogP contribution in [0.5, 0.6) is 0 Å². The molecule has 0 saturated carbocycles. The lowest BCUT2D eigenvalue weighted by Crippen LogP contribution is -2.44. The molecule has 1 aliphatic rings. The summed E-state index contributed by atoms with van der Waals surface area (Å²) in [5.41, 5.74) is 7.92. The van der Waals surface area contributed by atoms with E-state index in [-0.39, 0.29) is 11.9 Å². The predicted molar refractivity (Wildman–Crippen MR) is 87.7 cm³/mol. The Kier molecular flexibility index (Phi) is 3.61. The monoisotopic (exact) mass is 303 g/mol. The third-order valence-electron chi connectivity index (χ3n) is 4.41. The fraction of sp³-hybridized carbons (Fsp3) is 0.500. The molecule has 1 saturated heterocycles. The Labute approximate surface area is 129 Å². The molecule has 2 atom stereocenters. The normalized spacial score (nSPS) is 22.7. The number of nitrogen functional groups attached to an aromatic ring is 1. The number of nitrogens with two attached hydrogens (primary N) is 1. The van der Waals surface area contributed by atoms with Gasteiger partial charge in [-0.05, 0) is 44.2 Å². The van der Waals surface area contributed by atoms with Crippen molar-refractivity contribution >= 4 is 33.1 Å². The van der Waals surface area contributed by atoms with Gasteiger partial charge in [-0.15, -0.1) is 11.3 Å². The number of likely N-dealkylation sites (tertiary alicyclic amines) is 1. The Bertz CT molecular complexity index is 694. The van der Waals surface area contributed by atoms with Crippen molar-refractivity contribution < 1.29 is 4.79 Å². The van der Waals surface area contributed by atoms with E-state index in [9.17, 15) is 4.79 Å². The Hall–Kier alpha value is -1.62. The highest BCUT2D eigenvalue weighted by molar-refractivity contribution is 7.21. The smallest absolute Gasteiger partial charge is 0.266 e. The summed E-state index contributed by atoms with van der Waals surface area (Å²) >= 11 is 1.42. The van der Waals surface area contributed by atoms with Crippen molar-refractivity contribution in [3.8, 4) is 0 Å². The number of aromatic nitrogens is 1. The summed E-state index contributed by atoms with van der Waals surface area (Å²) in [5, 5.41) is 0.934. The van der Waals surface area contributed by atoms with Gasteiger partial charge in [-0.3, -0.25) is 4.79 Å². The molecule has 2 aromatic heterocycles. The predicted octanol–water partition coefficient (Wildman–Crippen LogP) is 3.45. The molecule has 112 valence electrons. The van der Waals surface area contributed by atoms with Crippen molar-refractivity contribution in [2.45, 2.75) is 39.7 Å². The first kappa shape index (κ1) is 14.3. The number of amides is 1. The van der Waals surface area contributed by atoms with Crippen LogP contribution in [0.2, 0.25) is 0 Å². The lowest BCUT2D eigenvalue weighted by molar-refractivity contribution is 0.0580. The number of carbonyl (C=O) groups is 1. The van der Waals surface area contributed by atoms with E-state index in [2.05, 4.69) is 18.8 Å². The SMILES string of the molecule is Cc1ccnc2sc(C(=O)N3CC(C)CCC3C)c(N)c12. The Morgan fingerprint density at radius 3 is 2.90 bits per heavy atom. The number of anilines is 1. The second-order valence-corrected chi connectivity index (χ2v) is 7.14. The van der Waals surface area contributed by atoms with Crippen LogP contribution in [0.3, 0.4) is 0 Å². The molecule has 1 fully saturated rings. The first-order valence-electron chi connectivity index (χ1n) is 7.43. The highest BCUT2D eigenvalue weighted by Crippen LogP contribution is 2.36. The largest absolute Gasteiger partial charge is 0.397 e. The summed E-state index contributed by atoms with van der Waals surface area (Å²) in [6.07, 6.45) is 4.02. The van der Waals surface area contributed by atoms with E-state index in [1.807, 2.05) is 17.9 Å². The molecule has 3 rings (SSSR count). The average Bonchev–Trinajstić information content (AvgIpc) is 2.79. The second-order valence-electron chi connectivity index (χ2n) is 6.14. The molecule has 0 aliphatic carbocycles. The van der Waals surface area contributed by atoms with Gasteiger partial charge in [0.25, 0.3) is 5.91 Å². The fourth-order valence-corrected chi connectivity index (χ4v) is 4.16. The van der Waals surface area contributed by atoms with Crippen molar-refractivity contribution in [1.29, 1.82) is 0 Å². The summed E-state index contributed by atoms with van der Waals surface area (Å²) in [7, 11) is 0. The standard InChI is InChI=1S/C16H21N3OS/c1-9-4-5-11(3)19(8-9)16(20)14-13(17)12-10(2)6-7-18-15(12)21-14/h6-7,9,11H,4-5,8,17H2,1-3H3. The van der Waals surface area contributed by atoms with Crippen LogP contribution < -0.4 is 5.73 Å². The number of rotatable bonds is 1. The highest BCUT2D eigenvalue weighted by Gasteiger charge is 2.30. The van der Waals surface area contributed by atoms with E-state index < -0.39 is 0 Å². The van der Waals surface area contributed by atoms with E-state index in [1.54, 1.807) is 6.20 Å². The van der Waals surface area contributed by atoms with E-state index in [0.29, 0.717) is 16.5 Å². The molecule has 0 radical (unpaired) electrons. The average molecular weight is 303 g/mol. The van der Waals surface area contributed by atoms with Crippen LogP contribution in [0.4, 0.5) is 5.69 Å². The van der Waals surface area contributed by atoms with Gasteiger partial charge in [0.1, 0.15) is 9.71 Å². The van der Waals surface area contributed by atoms with Gasteiger partial charge >= 0.3 is 0 Å². The van der Waals surface area contributed by atoms with Crippen LogP contribution in [0, 0.1) is 12.8 Å². The second kappa shape index (κ2) is 5.30. The minimum atomic E-state index is 0.0638. The maximum absolute atomic E-state index is 12.9. The Morgan fingerprint density at radius 1 is 1.43 bits per heavy atom. The van der Waals surface area contributed by atoms with E-state index in [0.717, 1.165) is 28.7 Å². The Morgan fingerprint density at radius 2 is 2.19 bits per heavy atom. The van der Waals surface area contributed by atoms with Crippen LogP contribution in [0.15, 0.2) is 12.3 Å². The maximum Gasteiger partial charge on any atom is 0.266 e. The Balaban J connectivity index is 2.02. The van der Waals surface area contributed by atoms with Crippen LogP contribution in [0.25, 0.3) is 10.2 Å². The molecule has 5 heteroatoms. The molecule has 4 nitrogen and oxygen atoms in total. The van der Waals surface area contributed by atoms with Gasteiger partial charge in [-0.1, -0.05) is 6.92 Å². The first-order valence-corrected chi connectivity index (χ1v) is 8.25. The van der Waals surface area contributed by atoms with Crippen molar-refractivity contribution in [2.24, 2.45) is 5.92 Å². The van der Waals surface area contributed by atoms with Gasteiger partial charge in [0.05, 0.1) is 5.69 Å². The van der Waals surface area contributed by atoms with Gasteiger partial charge in [-0.2, -0.15) is 0 Å².